The average molecular weight is 271 g/mol. The fourth-order valence-corrected chi connectivity index (χ4v) is 1.92. The predicted octanol–water partition coefficient (Wildman–Crippen LogP) is 3.21. The van der Waals surface area contributed by atoms with Crippen molar-refractivity contribution in [3.63, 3.8) is 0 Å². The number of aromatic amines is 1. The third kappa shape index (κ3) is 3.47. The van der Waals surface area contributed by atoms with Gasteiger partial charge in [0.15, 0.2) is 0 Å². The number of benzene rings is 1. The largest absolute Gasteiger partial charge is 0.374 e. The van der Waals surface area contributed by atoms with Crippen LogP contribution in [0.15, 0.2) is 30.3 Å². The van der Waals surface area contributed by atoms with Gasteiger partial charge in [0.2, 0.25) is 0 Å². The van der Waals surface area contributed by atoms with E-state index < -0.39 is 0 Å². The van der Waals surface area contributed by atoms with E-state index in [0.29, 0.717) is 29.2 Å². The van der Waals surface area contributed by atoms with Crippen LogP contribution in [0.1, 0.15) is 18.3 Å². The molecule has 96 valence electrons. The molecule has 0 aliphatic carbocycles. The van der Waals surface area contributed by atoms with Crippen LogP contribution in [0.25, 0.3) is 11.3 Å². The van der Waals surface area contributed by atoms with Crippen molar-refractivity contribution in [1.82, 2.24) is 9.97 Å². The highest BCUT2D eigenvalue weighted by Crippen LogP contribution is 2.18. The van der Waals surface area contributed by atoms with Crippen molar-refractivity contribution in [3.8, 4) is 17.3 Å². The summed E-state index contributed by atoms with van der Waals surface area (Å²) in [6, 6.07) is 11.2. The van der Waals surface area contributed by atoms with E-state index >= 15 is 0 Å². The minimum absolute atomic E-state index is 0.395. The van der Waals surface area contributed by atoms with Gasteiger partial charge in [0, 0.05) is 12.3 Å². The lowest BCUT2D eigenvalue weighted by Crippen LogP contribution is -2.00. The Morgan fingerprint density at radius 3 is 3.00 bits per heavy atom. The Bertz CT molecular complexity index is 673. The van der Waals surface area contributed by atoms with Gasteiger partial charge in [-0.3, -0.25) is 0 Å². The molecule has 0 spiro atoms. The summed E-state index contributed by atoms with van der Waals surface area (Å²) in [6.07, 6.45) is 0. The average Bonchev–Trinajstić information content (AvgIpc) is 2.44. The molecule has 5 heteroatoms. The van der Waals surface area contributed by atoms with E-state index in [1.54, 1.807) is 12.1 Å². The van der Waals surface area contributed by atoms with Crippen LogP contribution in [0.3, 0.4) is 0 Å². The number of nitrogens with zero attached hydrogens (tertiary/aromatic N) is 2. The molecule has 1 aromatic heterocycles. The van der Waals surface area contributed by atoms with Crippen molar-refractivity contribution in [2.45, 2.75) is 13.5 Å². The van der Waals surface area contributed by atoms with Crippen molar-refractivity contribution in [1.29, 1.82) is 5.26 Å². The first-order chi connectivity index (χ1) is 9.22. The van der Waals surface area contributed by atoms with Gasteiger partial charge in [0.25, 0.3) is 0 Å². The molecule has 19 heavy (non-hydrogen) atoms. The molecule has 2 aromatic rings. The Kier molecular flexibility index (Phi) is 4.39. The Morgan fingerprint density at radius 2 is 2.26 bits per heavy atom. The highest BCUT2D eigenvalue weighted by molar-refractivity contribution is 7.71. The fourth-order valence-electron chi connectivity index (χ4n) is 1.69. The summed E-state index contributed by atoms with van der Waals surface area (Å²) >= 11 is 5.15. The maximum atomic E-state index is 8.92. The zero-order valence-electron chi connectivity index (χ0n) is 10.5. The van der Waals surface area contributed by atoms with Crippen molar-refractivity contribution in [3.05, 3.63) is 46.4 Å². The summed E-state index contributed by atoms with van der Waals surface area (Å²) in [4.78, 5) is 7.38. The van der Waals surface area contributed by atoms with Crippen LogP contribution in [-0.4, -0.2) is 16.6 Å². The predicted molar refractivity (Wildman–Crippen MR) is 74.9 cm³/mol. The van der Waals surface area contributed by atoms with E-state index in [1.165, 1.54) is 0 Å². The number of nitrogens with one attached hydrogen (secondary N) is 1. The van der Waals surface area contributed by atoms with Crippen LogP contribution in [-0.2, 0) is 11.3 Å². The fraction of sp³-hybridized carbons (Fsp3) is 0.214. The lowest BCUT2D eigenvalue weighted by Gasteiger charge is -2.06. The quantitative estimate of drug-likeness (QED) is 0.867. The number of rotatable bonds is 4. The van der Waals surface area contributed by atoms with Crippen molar-refractivity contribution in [2.24, 2.45) is 0 Å². The van der Waals surface area contributed by atoms with Gasteiger partial charge in [-0.1, -0.05) is 24.4 Å². The molecule has 1 aromatic carbocycles. The number of ether oxygens (including phenoxy) is 1. The van der Waals surface area contributed by atoms with E-state index in [0.717, 1.165) is 11.3 Å². The molecule has 0 fully saturated rings. The highest BCUT2D eigenvalue weighted by atomic mass is 32.1. The van der Waals surface area contributed by atoms with Gasteiger partial charge < -0.3 is 9.72 Å². The van der Waals surface area contributed by atoms with Crippen LogP contribution in [0.5, 0.6) is 0 Å². The monoisotopic (exact) mass is 271 g/mol. The van der Waals surface area contributed by atoms with E-state index in [4.69, 9.17) is 22.2 Å². The Labute approximate surface area is 116 Å². The van der Waals surface area contributed by atoms with Crippen LogP contribution < -0.4 is 0 Å². The Balaban J connectivity index is 2.41. The second-order valence-corrected chi connectivity index (χ2v) is 4.33. The zero-order valence-corrected chi connectivity index (χ0v) is 11.3. The minimum Gasteiger partial charge on any atom is -0.374 e. The maximum Gasteiger partial charge on any atom is 0.134 e. The van der Waals surface area contributed by atoms with Gasteiger partial charge in [0.05, 0.1) is 11.6 Å². The molecular weight excluding hydrogens is 258 g/mol. The second-order valence-electron chi connectivity index (χ2n) is 3.91. The summed E-state index contributed by atoms with van der Waals surface area (Å²) in [7, 11) is 0. The summed E-state index contributed by atoms with van der Waals surface area (Å²) < 4.78 is 5.82. The number of aromatic nitrogens is 2. The van der Waals surface area contributed by atoms with Gasteiger partial charge >= 0.3 is 0 Å². The molecule has 0 radical (unpaired) electrons. The number of nitriles is 1. The smallest absolute Gasteiger partial charge is 0.134 e. The van der Waals surface area contributed by atoms with Gasteiger partial charge in [-0.25, -0.2) is 4.98 Å². The van der Waals surface area contributed by atoms with Crippen LogP contribution in [0, 0.1) is 16.0 Å². The van der Waals surface area contributed by atoms with E-state index in [1.807, 2.05) is 25.1 Å². The van der Waals surface area contributed by atoms with Gasteiger partial charge in [-0.05, 0) is 30.7 Å². The maximum absolute atomic E-state index is 8.92. The standard InChI is InChI=1S/C14H13N3OS/c1-2-18-9-13-16-12(7-14(19)17-13)11-5-3-4-10(6-11)8-15/h3-7H,2,9H2,1H3,(H,16,17,19). The molecule has 1 heterocycles. The second kappa shape index (κ2) is 6.23. The molecule has 0 unspecified atom stereocenters. The first-order valence-electron chi connectivity index (χ1n) is 5.91. The van der Waals surface area contributed by atoms with Crippen molar-refractivity contribution < 1.29 is 4.74 Å². The molecule has 0 aliphatic heterocycles. The van der Waals surface area contributed by atoms with Crippen molar-refractivity contribution in [2.75, 3.05) is 6.61 Å². The first-order valence-corrected chi connectivity index (χ1v) is 6.32. The van der Waals surface area contributed by atoms with E-state index in [-0.39, 0.29) is 0 Å². The lowest BCUT2D eigenvalue weighted by molar-refractivity contribution is 0.128. The Morgan fingerprint density at radius 1 is 1.42 bits per heavy atom. The zero-order chi connectivity index (χ0) is 13.7. The van der Waals surface area contributed by atoms with Crippen LogP contribution in [0.2, 0.25) is 0 Å². The van der Waals surface area contributed by atoms with Gasteiger partial charge in [0.1, 0.15) is 17.1 Å². The normalized spacial score (nSPS) is 10.1. The highest BCUT2D eigenvalue weighted by Gasteiger charge is 2.03. The van der Waals surface area contributed by atoms with Gasteiger partial charge in [-0.2, -0.15) is 5.26 Å². The molecule has 0 saturated carbocycles. The first kappa shape index (κ1) is 13.4. The summed E-state index contributed by atoms with van der Waals surface area (Å²) in [5.74, 6) is 0.687. The Hall–Kier alpha value is -2.03. The SMILES string of the molecule is CCOCc1nc(=S)cc(-c2cccc(C#N)c2)[nH]1. The van der Waals surface area contributed by atoms with Crippen LogP contribution >= 0.6 is 12.2 Å². The molecule has 4 nitrogen and oxygen atoms in total. The lowest BCUT2D eigenvalue weighted by atomic mass is 10.1. The van der Waals surface area contributed by atoms with Crippen molar-refractivity contribution >= 4 is 12.2 Å². The van der Waals surface area contributed by atoms with Gasteiger partial charge in [-0.15, -0.1) is 0 Å². The molecule has 2 rings (SSSR count). The molecule has 0 amide bonds. The molecular formula is C14H13N3OS. The summed E-state index contributed by atoms with van der Waals surface area (Å²) in [5.41, 5.74) is 2.36. The number of hydrogen-bond donors (Lipinski definition) is 1. The topological polar surface area (TPSA) is 61.7 Å². The summed E-state index contributed by atoms with van der Waals surface area (Å²) in [6.45, 7) is 2.94. The summed E-state index contributed by atoms with van der Waals surface area (Å²) in [5, 5.41) is 8.92. The van der Waals surface area contributed by atoms with E-state index in [9.17, 15) is 0 Å². The molecule has 0 atom stereocenters. The van der Waals surface area contributed by atoms with E-state index in [2.05, 4.69) is 16.0 Å². The molecule has 0 aliphatic rings. The molecule has 0 saturated heterocycles. The molecule has 1 N–H and O–H groups in total. The number of H-pyrrole nitrogens is 1. The number of hydrogen-bond acceptors (Lipinski definition) is 4. The third-order valence-electron chi connectivity index (χ3n) is 2.54. The van der Waals surface area contributed by atoms with Crippen LogP contribution in [0.4, 0.5) is 0 Å². The third-order valence-corrected chi connectivity index (χ3v) is 2.75. The minimum atomic E-state index is 0.395. The molecule has 0 bridgehead atoms.